The zero-order valence-electron chi connectivity index (χ0n) is 9.59. The van der Waals surface area contributed by atoms with E-state index in [1.165, 1.54) is 11.7 Å². The molecule has 0 N–H and O–H groups in total. The molecule has 0 spiro atoms. The summed E-state index contributed by atoms with van der Waals surface area (Å²) >= 11 is 1.09. The van der Waals surface area contributed by atoms with Crippen LogP contribution in [-0.4, -0.2) is 4.98 Å². The molecule has 2 rings (SSSR count). The molecule has 1 aromatic heterocycles. The van der Waals surface area contributed by atoms with E-state index in [1.54, 1.807) is 0 Å². The van der Waals surface area contributed by atoms with Gasteiger partial charge in [-0.25, -0.2) is 0 Å². The highest BCUT2D eigenvalue weighted by atomic mass is 32.1. The second kappa shape index (κ2) is 5.08. The molecule has 0 amide bonds. The summed E-state index contributed by atoms with van der Waals surface area (Å²) in [6, 6.07) is 1.56. The van der Waals surface area contributed by atoms with Crippen LogP contribution >= 0.6 is 11.3 Å². The zero-order chi connectivity index (χ0) is 15.0. The molecular formula is C12H6F6NS. The molecule has 1 radical (unpaired) electrons. The average molecular weight is 310 g/mol. The number of benzene rings is 1. The van der Waals surface area contributed by atoms with Crippen molar-refractivity contribution in [3.63, 3.8) is 0 Å². The van der Waals surface area contributed by atoms with Gasteiger partial charge in [0.15, 0.2) is 0 Å². The number of thiazole rings is 1. The molecule has 0 fully saturated rings. The molecule has 0 aliphatic carbocycles. The summed E-state index contributed by atoms with van der Waals surface area (Å²) in [5.41, 5.74) is -1.55. The summed E-state index contributed by atoms with van der Waals surface area (Å²) in [5, 5.41) is 0. The number of halogens is 6. The first-order valence-electron chi connectivity index (χ1n) is 5.19. The van der Waals surface area contributed by atoms with Crippen LogP contribution in [0.1, 0.15) is 21.6 Å². The summed E-state index contributed by atoms with van der Waals surface area (Å²) in [4.78, 5) is 4.12. The summed E-state index contributed by atoms with van der Waals surface area (Å²) in [6.45, 7) is 0. The number of nitrogens with zero attached hydrogens (tertiary/aromatic N) is 1. The summed E-state index contributed by atoms with van der Waals surface area (Å²) < 4.78 is 76.0. The Morgan fingerprint density at radius 2 is 1.70 bits per heavy atom. The van der Waals surface area contributed by atoms with Gasteiger partial charge < -0.3 is 0 Å². The van der Waals surface area contributed by atoms with E-state index in [2.05, 4.69) is 4.98 Å². The lowest BCUT2D eigenvalue weighted by molar-refractivity contribution is -0.143. The Bertz CT molecular complexity index is 585. The van der Waals surface area contributed by atoms with Gasteiger partial charge in [-0.3, -0.25) is 4.98 Å². The molecule has 0 saturated carbocycles. The standard InChI is InChI=1S/C12H6F6NS/c13-11(14,15)8-2-1-7(3-9-5-19-6-20-9)10(4-8)12(16,17)18/h1-6H. The lowest BCUT2D eigenvalue weighted by Gasteiger charge is -2.15. The molecule has 1 heterocycles. The van der Waals surface area contributed by atoms with Crippen molar-refractivity contribution >= 4 is 11.3 Å². The van der Waals surface area contributed by atoms with Gasteiger partial charge in [-0.2, -0.15) is 26.3 Å². The van der Waals surface area contributed by atoms with Crippen molar-refractivity contribution in [3.8, 4) is 0 Å². The second-order valence-corrected chi connectivity index (χ2v) is 4.76. The predicted octanol–water partition coefficient (Wildman–Crippen LogP) is 4.78. The van der Waals surface area contributed by atoms with Gasteiger partial charge in [0.25, 0.3) is 0 Å². The monoisotopic (exact) mass is 310 g/mol. The molecule has 8 heteroatoms. The average Bonchev–Trinajstić information content (AvgIpc) is 2.79. The fourth-order valence-electron chi connectivity index (χ4n) is 1.55. The molecule has 0 aliphatic heterocycles. The Kier molecular flexibility index (Phi) is 3.77. The molecule has 0 aliphatic rings. The third-order valence-corrected chi connectivity index (χ3v) is 3.16. The molecule has 107 valence electrons. The quantitative estimate of drug-likeness (QED) is 0.727. The van der Waals surface area contributed by atoms with Crippen LogP contribution in [0.3, 0.4) is 0 Å². The fraction of sp³-hybridized carbons (Fsp3) is 0.167. The molecule has 0 bridgehead atoms. The van der Waals surface area contributed by atoms with Crippen LogP contribution in [0.15, 0.2) is 29.9 Å². The van der Waals surface area contributed by atoms with Crippen molar-refractivity contribution in [1.82, 2.24) is 4.98 Å². The summed E-state index contributed by atoms with van der Waals surface area (Å²) in [6.07, 6.45) is -7.19. The smallest absolute Gasteiger partial charge is 0.253 e. The van der Waals surface area contributed by atoms with E-state index in [0.717, 1.165) is 23.8 Å². The van der Waals surface area contributed by atoms with Crippen LogP contribution < -0.4 is 0 Å². The maximum absolute atomic E-state index is 12.8. The third kappa shape index (κ3) is 3.30. The first kappa shape index (κ1) is 14.8. The number of alkyl halides is 6. The molecule has 20 heavy (non-hydrogen) atoms. The van der Waals surface area contributed by atoms with Crippen LogP contribution in [0.2, 0.25) is 0 Å². The SMILES string of the molecule is FC(F)(F)c1ccc([CH]c2cncs2)c(C(F)(F)F)c1. The van der Waals surface area contributed by atoms with E-state index in [-0.39, 0.29) is 11.6 Å². The third-order valence-electron chi connectivity index (χ3n) is 2.44. The van der Waals surface area contributed by atoms with Crippen molar-refractivity contribution < 1.29 is 26.3 Å². The van der Waals surface area contributed by atoms with E-state index >= 15 is 0 Å². The second-order valence-electron chi connectivity index (χ2n) is 3.85. The minimum absolute atomic E-state index is 0.118. The van der Waals surface area contributed by atoms with Crippen molar-refractivity contribution in [2.75, 3.05) is 0 Å². The minimum Gasteiger partial charge on any atom is -0.253 e. The first-order chi connectivity index (χ1) is 9.18. The lowest BCUT2D eigenvalue weighted by Crippen LogP contribution is -2.13. The molecule has 0 unspecified atom stereocenters. The van der Waals surface area contributed by atoms with Crippen molar-refractivity contribution in [1.29, 1.82) is 0 Å². The number of hydrogen-bond donors (Lipinski definition) is 0. The van der Waals surface area contributed by atoms with Crippen molar-refractivity contribution in [2.45, 2.75) is 12.4 Å². The van der Waals surface area contributed by atoms with Crippen LogP contribution in [0.25, 0.3) is 0 Å². The van der Waals surface area contributed by atoms with Crippen LogP contribution in [0.4, 0.5) is 26.3 Å². The Hall–Kier alpha value is -1.57. The van der Waals surface area contributed by atoms with Crippen molar-refractivity contribution in [2.24, 2.45) is 0 Å². The van der Waals surface area contributed by atoms with Crippen molar-refractivity contribution in [3.05, 3.63) is 57.9 Å². The van der Waals surface area contributed by atoms with Crippen LogP contribution in [-0.2, 0) is 12.4 Å². The van der Waals surface area contributed by atoms with Gasteiger partial charge in [0.2, 0.25) is 0 Å². The fourth-order valence-corrected chi connectivity index (χ4v) is 2.11. The maximum Gasteiger partial charge on any atom is 0.416 e. The van der Waals surface area contributed by atoms with E-state index in [4.69, 9.17) is 0 Å². The van der Waals surface area contributed by atoms with E-state index in [9.17, 15) is 26.3 Å². The van der Waals surface area contributed by atoms with Gasteiger partial charge in [-0.15, -0.1) is 11.3 Å². The number of rotatable bonds is 2. The highest BCUT2D eigenvalue weighted by Crippen LogP contribution is 2.38. The van der Waals surface area contributed by atoms with Gasteiger partial charge >= 0.3 is 12.4 Å². The Morgan fingerprint density at radius 1 is 1.00 bits per heavy atom. The molecule has 0 saturated heterocycles. The van der Waals surface area contributed by atoms with Gasteiger partial charge in [0, 0.05) is 17.5 Å². The Balaban J connectivity index is 2.46. The highest BCUT2D eigenvalue weighted by molar-refractivity contribution is 7.09. The largest absolute Gasteiger partial charge is 0.416 e. The predicted molar refractivity (Wildman–Crippen MR) is 61.1 cm³/mol. The van der Waals surface area contributed by atoms with E-state index in [1.807, 2.05) is 0 Å². The van der Waals surface area contributed by atoms with Gasteiger partial charge in [0.05, 0.1) is 16.6 Å². The Labute approximate surface area is 113 Å². The molecule has 2 aromatic rings. The summed E-state index contributed by atoms with van der Waals surface area (Å²) in [5.74, 6) is 0. The number of hydrogen-bond acceptors (Lipinski definition) is 2. The normalized spacial score (nSPS) is 12.7. The number of aromatic nitrogens is 1. The van der Waals surface area contributed by atoms with E-state index < -0.39 is 23.5 Å². The van der Waals surface area contributed by atoms with Gasteiger partial charge in [-0.1, -0.05) is 6.07 Å². The maximum atomic E-state index is 12.8. The van der Waals surface area contributed by atoms with Crippen LogP contribution in [0.5, 0.6) is 0 Å². The Morgan fingerprint density at radius 3 is 2.20 bits per heavy atom. The molecule has 1 aromatic carbocycles. The van der Waals surface area contributed by atoms with Gasteiger partial charge in [-0.05, 0) is 17.7 Å². The van der Waals surface area contributed by atoms with Gasteiger partial charge in [0.1, 0.15) is 0 Å². The topological polar surface area (TPSA) is 12.9 Å². The molecular weight excluding hydrogens is 304 g/mol. The minimum atomic E-state index is -4.86. The highest BCUT2D eigenvalue weighted by Gasteiger charge is 2.38. The lowest BCUT2D eigenvalue weighted by atomic mass is 10.00. The zero-order valence-corrected chi connectivity index (χ0v) is 10.4. The van der Waals surface area contributed by atoms with Crippen LogP contribution in [0, 0.1) is 6.42 Å². The van der Waals surface area contributed by atoms with E-state index in [0.29, 0.717) is 10.9 Å². The molecule has 1 nitrogen and oxygen atoms in total. The summed E-state index contributed by atoms with van der Waals surface area (Å²) in [7, 11) is 0. The molecule has 0 atom stereocenters. The first-order valence-corrected chi connectivity index (χ1v) is 6.07.